The molecule has 0 unspecified atom stereocenters. The van der Waals surface area contributed by atoms with Gasteiger partial charge in [-0.05, 0) is 6.07 Å². The zero-order valence-corrected chi connectivity index (χ0v) is 16.3. The van der Waals surface area contributed by atoms with Crippen LogP contribution in [0.5, 0.6) is 0 Å². The molecule has 0 spiro atoms. The maximum atomic E-state index is 11.7. The fourth-order valence-electron chi connectivity index (χ4n) is 3.24. The summed E-state index contributed by atoms with van der Waals surface area (Å²) in [6.45, 7) is 3.29. The van der Waals surface area contributed by atoms with E-state index in [9.17, 15) is 24.5 Å². The molecule has 0 N–H and O–H groups in total. The first kappa shape index (κ1) is 21.2. The maximum absolute atomic E-state index is 11.7. The first-order valence-electron chi connectivity index (χ1n) is 8.93. The summed E-state index contributed by atoms with van der Waals surface area (Å²) >= 11 is 0. The average Bonchev–Trinajstić information content (AvgIpc) is 3.21. The maximum Gasteiger partial charge on any atom is 0.303 e. The van der Waals surface area contributed by atoms with Crippen LogP contribution in [0.3, 0.4) is 0 Å². The second-order valence-corrected chi connectivity index (χ2v) is 6.59. The van der Waals surface area contributed by atoms with Crippen LogP contribution in [0.1, 0.15) is 27.0 Å². The summed E-state index contributed by atoms with van der Waals surface area (Å²) in [7, 11) is 0. The van der Waals surface area contributed by atoms with Crippen molar-refractivity contribution in [3.8, 4) is 0 Å². The molecule has 1 aliphatic rings. The molecule has 0 saturated carbocycles. The number of hydrogen-bond donors (Lipinski definition) is 0. The van der Waals surface area contributed by atoms with Gasteiger partial charge >= 0.3 is 17.9 Å². The zero-order chi connectivity index (χ0) is 22.0. The summed E-state index contributed by atoms with van der Waals surface area (Å²) in [5.74, 6) is -1.90. The van der Waals surface area contributed by atoms with Crippen LogP contribution in [0.2, 0.25) is 0 Å². The molecule has 2 aromatic rings. The lowest BCUT2D eigenvalue weighted by Crippen LogP contribution is -2.40. The van der Waals surface area contributed by atoms with Gasteiger partial charge in [0.15, 0.2) is 18.4 Å². The van der Waals surface area contributed by atoms with Crippen LogP contribution in [0.4, 0.5) is 5.69 Å². The van der Waals surface area contributed by atoms with E-state index >= 15 is 0 Å². The number of nitro benzene ring substituents is 1. The van der Waals surface area contributed by atoms with Crippen molar-refractivity contribution in [1.29, 1.82) is 0 Å². The van der Waals surface area contributed by atoms with Crippen molar-refractivity contribution in [1.82, 2.24) is 9.78 Å². The van der Waals surface area contributed by atoms with Gasteiger partial charge in [-0.1, -0.05) is 6.07 Å². The highest BCUT2D eigenvalue weighted by atomic mass is 16.7. The molecule has 30 heavy (non-hydrogen) atoms. The monoisotopic (exact) mass is 421 g/mol. The molecule has 3 rings (SSSR count). The SMILES string of the molecule is CC(=O)OC[C@H]1O[C@@H](n2cc3c([N+](=O)[O-])cccc3n2)[C@H](OC(C)=O)[C@@H]1OC(C)=O. The molecule has 0 radical (unpaired) electrons. The number of ether oxygens (including phenoxy) is 4. The third-order valence-corrected chi connectivity index (χ3v) is 4.34. The number of fused-ring (bicyclic) bond motifs is 1. The van der Waals surface area contributed by atoms with E-state index in [1.54, 1.807) is 6.07 Å². The van der Waals surface area contributed by atoms with E-state index < -0.39 is 47.4 Å². The lowest BCUT2D eigenvalue weighted by Gasteiger charge is -2.23. The van der Waals surface area contributed by atoms with Gasteiger partial charge in [-0.15, -0.1) is 0 Å². The Morgan fingerprint density at radius 2 is 1.80 bits per heavy atom. The summed E-state index contributed by atoms with van der Waals surface area (Å²) in [6.07, 6.45) is -2.85. The molecule has 1 saturated heterocycles. The Morgan fingerprint density at radius 1 is 1.13 bits per heavy atom. The van der Waals surface area contributed by atoms with Gasteiger partial charge in [0.25, 0.3) is 5.69 Å². The molecule has 160 valence electrons. The summed E-state index contributed by atoms with van der Waals surface area (Å²) in [5.41, 5.74) is 0.163. The Labute approximate surface area is 169 Å². The molecule has 0 amide bonds. The number of esters is 3. The van der Waals surface area contributed by atoms with Gasteiger partial charge in [0, 0.05) is 33.0 Å². The van der Waals surface area contributed by atoms with E-state index in [-0.39, 0.29) is 17.7 Å². The Bertz CT molecular complexity index is 1000. The Morgan fingerprint density at radius 3 is 2.40 bits per heavy atom. The Kier molecular flexibility index (Phi) is 5.96. The molecule has 1 fully saturated rings. The number of nitrogens with zero attached hydrogens (tertiary/aromatic N) is 3. The third-order valence-electron chi connectivity index (χ3n) is 4.34. The zero-order valence-electron chi connectivity index (χ0n) is 16.3. The van der Waals surface area contributed by atoms with Crippen LogP contribution in [-0.4, -0.2) is 57.5 Å². The lowest BCUT2D eigenvalue weighted by atomic mass is 10.1. The van der Waals surface area contributed by atoms with E-state index in [2.05, 4.69) is 5.10 Å². The molecular formula is C18H19N3O9. The highest BCUT2D eigenvalue weighted by Gasteiger charge is 2.51. The van der Waals surface area contributed by atoms with Crippen molar-refractivity contribution in [3.05, 3.63) is 34.5 Å². The van der Waals surface area contributed by atoms with Gasteiger partial charge in [-0.25, -0.2) is 4.68 Å². The van der Waals surface area contributed by atoms with Crippen LogP contribution in [0.15, 0.2) is 24.4 Å². The van der Waals surface area contributed by atoms with Gasteiger partial charge in [0.05, 0.1) is 15.8 Å². The molecule has 0 aliphatic carbocycles. The van der Waals surface area contributed by atoms with Crippen molar-refractivity contribution in [3.63, 3.8) is 0 Å². The number of carbonyl (C=O) groups excluding carboxylic acids is 3. The summed E-state index contributed by atoms with van der Waals surface area (Å²) in [4.78, 5) is 45.2. The van der Waals surface area contributed by atoms with E-state index in [0.717, 1.165) is 0 Å². The topological polar surface area (TPSA) is 149 Å². The molecule has 12 nitrogen and oxygen atoms in total. The van der Waals surface area contributed by atoms with Crippen molar-refractivity contribution in [2.24, 2.45) is 0 Å². The first-order chi connectivity index (χ1) is 14.2. The molecule has 2 heterocycles. The molecule has 1 aliphatic heterocycles. The third kappa shape index (κ3) is 4.38. The number of aromatic nitrogens is 2. The number of nitro groups is 1. The van der Waals surface area contributed by atoms with Crippen molar-refractivity contribution >= 4 is 34.5 Å². The van der Waals surface area contributed by atoms with E-state index in [0.29, 0.717) is 5.52 Å². The summed E-state index contributed by atoms with van der Waals surface area (Å²) in [5, 5.41) is 15.8. The Hall–Kier alpha value is -3.54. The molecule has 1 aromatic carbocycles. The molecule has 1 aromatic heterocycles. The summed E-state index contributed by atoms with van der Waals surface area (Å²) in [6, 6.07) is 4.40. The van der Waals surface area contributed by atoms with Gasteiger partial charge in [0.1, 0.15) is 12.7 Å². The minimum absolute atomic E-state index is 0.159. The predicted octanol–water partition coefficient (Wildman–Crippen LogP) is 1.27. The van der Waals surface area contributed by atoms with Gasteiger partial charge in [0.2, 0.25) is 0 Å². The molecule has 12 heteroatoms. The highest BCUT2D eigenvalue weighted by Crippen LogP contribution is 2.36. The predicted molar refractivity (Wildman–Crippen MR) is 98.0 cm³/mol. The normalized spacial score (nSPS) is 23.2. The van der Waals surface area contributed by atoms with Crippen LogP contribution < -0.4 is 0 Å². The van der Waals surface area contributed by atoms with Crippen LogP contribution in [0.25, 0.3) is 10.9 Å². The van der Waals surface area contributed by atoms with Crippen LogP contribution in [0, 0.1) is 10.1 Å². The average molecular weight is 421 g/mol. The fourth-order valence-corrected chi connectivity index (χ4v) is 3.24. The molecule has 4 atom stereocenters. The number of benzene rings is 1. The van der Waals surface area contributed by atoms with Gasteiger partial charge < -0.3 is 18.9 Å². The standard InChI is InChI=1S/C18H19N3O9/c1-9(22)27-8-15-16(28-10(2)23)17(29-11(3)24)18(30-15)20-7-12-13(19-20)5-4-6-14(12)21(25)26/h4-7,15-18H,8H2,1-3H3/t15-,16-,17-,18-/m1/s1. The van der Waals surface area contributed by atoms with E-state index in [4.69, 9.17) is 18.9 Å². The van der Waals surface area contributed by atoms with Crippen molar-refractivity contribution in [2.75, 3.05) is 6.61 Å². The first-order valence-corrected chi connectivity index (χ1v) is 8.93. The number of carbonyl (C=O) groups is 3. The van der Waals surface area contributed by atoms with Crippen LogP contribution >= 0.6 is 0 Å². The number of rotatable bonds is 6. The minimum atomic E-state index is -1.12. The second-order valence-electron chi connectivity index (χ2n) is 6.59. The smallest absolute Gasteiger partial charge is 0.303 e. The molecule has 0 bridgehead atoms. The van der Waals surface area contributed by atoms with Crippen LogP contribution in [-0.2, 0) is 33.3 Å². The van der Waals surface area contributed by atoms with Gasteiger partial charge in [-0.3, -0.25) is 24.5 Å². The largest absolute Gasteiger partial charge is 0.463 e. The number of non-ortho nitro benzene ring substituents is 1. The summed E-state index contributed by atoms with van der Waals surface area (Å²) < 4.78 is 22.7. The van der Waals surface area contributed by atoms with Crippen molar-refractivity contribution in [2.45, 2.75) is 45.3 Å². The second kappa shape index (κ2) is 8.45. The van der Waals surface area contributed by atoms with Crippen molar-refractivity contribution < 1.29 is 38.3 Å². The van der Waals surface area contributed by atoms with Gasteiger partial charge in [-0.2, -0.15) is 5.10 Å². The van der Waals surface area contributed by atoms with E-state index in [1.165, 1.54) is 43.8 Å². The van der Waals surface area contributed by atoms with E-state index in [1.807, 2.05) is 0 Å². The molecular weight excluding hydrogens is 402 g/mol. The highest BCUT2D eigenvalue weighted by molar-refractivity contribution is 5.87. The minimum Gasteiger partial charge on any atom is -0.463 e. The fraction of sp³-hybridized carbons (Fsp3) is 0.444. The lowest BCUT2D eigenvalue weighted by molar-refractivity contribution is -0.383. The Balaban J connectivity index is 2.02. The quantitative estimate of drug-likeness (QED) is 0.289. The number of hydrogen-bond acceptors (Lipinski definition) is 10.